The van der Waals surface area contributed by atoms with Crippen LogP contribution in [-0.2, 0) is 6.18 Å². The van der Waals surface area contributed by atoms with Crippen LogP contribution in [0.5, 0.6) is 0 Å². The number of rotatable bonds is 2. The molecule has 9 heteroatoms. The highest BCUT2D eigenvalue weighted by Crippen LogP contribution is 2.36. The Bertz CT molecular complexity index is 1120. The summed E-state index contributed by atoms with van der Waals surface area (Å²) in [5.74, 6) is -0.680. The maximum Gasteiger partial charge on any atom is 0.416 e. The quantitative estimate of drug-likeness (QED) is 0.538. The molecule has 2 amide bonds. The topological polar surface area (TPSA) is 40.6 Å². The van der Waals surface area contributed by atoms with Gasteiger partial charge in [0.05, 0.1) is 10.6 Å². The Morgan fingerprint density at radius 2 is 1.53 bits per heavy atom. The highest BCUT2D eigenvalue weighted by atomic mass is 35.5. The van der Waals surface area contributed by atoms with Crippen LogP contribution in [0.25, 0.3) is 10.1 Å². The first-order chi connectivity index (χ1) is 14.3. The van der Waals surface area contributed by atoms with E-state index in [0.29, 0.717) is 9.90 Å². The van der Waals surface area contributed by atoms with Crippen molar-refractivity contribution in [2.24, 2.45) is 0 Å². The Hall–Kier alpha value is -2.58. The predicted molar refractivity (Wildman–Crippen MR) is 110 cm³/mol. The normalized spacial score (nSPS) is 14.9. The first-order valence-corrected chi connectivity index (χ1v) is 10.4. The van der Waals surface area contributed by atoms with E-state index in [-0.39, 0.29) is 37.6 Å². The number of amides is 2. The van der Waals surface area contributed by atoms with Crippen molar-refractivity contribution in [1.82, 2.24) is 9.80 Å². The number of fused-ring (bicyclic) bond motifs is 1. The van der Waals surface area contributed by atoms with Crippen LogP contribution in [-0.4, -0.2) is 47.8 Å². The Kier molecular flexibility index (Phi) is 5.46. The second-order valence-corrected chi connectivity index (χ2v) is 8.33. The highest BCUT2D eigenvalue weighted by Gasteiger charge is 2.32. The van der Waals surface area contributed by atoms with Crippen molar-refractivity contribution in [2.45, 2.75) is 6.18 Å². The zero-order valence-electron chi connectivity index (χ0n) is 15.6. The Morgan fingerprint density at radius 1 is 0.900 bits per heavy atom. The van der Waals surface area contributed by atoms with E-state index in [1.54, 1.807) is 4.90 Å². The summed E-state index contributed by atoms with van der Waals surface area (Å²) in [4.78, 5) is 29.1. The average molecular weight is 453 g/mol. The van der Waals surface area contributed by atoms with E-state index in [9.17, 15) is 22.8 Å². The molecule has 0 unspecified atom stereocenters. The molecule has 0 radical (unpaired) electrons. The fourth-order valence-electron chi connectivity index (χ4n) is 3.42. The number of carbonyl (C=O) groups excluding carboxylic acids is 2. The smallest absolute Gasteiger partial charge is 0.335 e. The highest BCUT2D eigenvalue weighted by molar-refractivity contribution is 7.21. The van der Waals surface area contributed by atoms with Crippen LogP contribution in [0, 0.1) is 0 Å². The first kappa shape index (κ1) is 20.7. The molecule has 1 saturated heterocycles. The SMILES string of the molecule is O=C(c1cccc(C(F)(F)F)c1)N1CCN(C(=O)c2sc3ccccc3c2Cl)CC1. The van der Waals surface area contributed by atoms with Gasteiger partial charge in [0.1, 0.15) is 4.88 Å². The summed E-state index contributed by atoms with van der Waals surface area (Å²) in [5.41, 5.74) is -0.876. The molecule has 156 valence electrons. The summed E-state index contributed by atoms with van der Waals surface area (Å²) < 4.78 is 39.6. The molecular formula is C21H16ClF3N2O2S. The van der Waals surface area contributed by atoms with Gasteiger partial charge >= 0.3 is 6.18 Å². The van der Waals surface area contributed by atoms with Gasteiger partial charge in [0.2, 0.25) is 0 Å². The number of benzene rings is 2. The Balaban J connectivity index is 1.45. The van der Waals surface area contributed by atoms with E-state index >= 15 is 0 Å². The van der Waals surface area contributed by atoms with Gasteiger partial charge in [-0.1, -0.05) is 35.9 Å². The van der Waals surface area contributed by atoms with E-state index in [1.165, 1.54) is 28.4 Å². The minimum absolute atomic E-state index is 0.0165. The summed E-state index contributed by atoms with van der Waals surface area (Å²) in [6.07, 6.45) is -4.51. The van der Waals surface area contributed by atoms with E-state index in [1.807, 2.05) is 24.3 Å². The van der Waals surface area contributed by atoms with Gasteiger partial charge < -0.3 is 9.80 Å². The van der Waals surface area contributed by atoms with Gasteiger partial charge in [-0.2, -0.15) is 13.2 Å². The van der Waals surface area contributed by atoms with Crippen LogP contribution in [0.1, 0.15) is 25.6 Å². The van der Waals surface area contributed by atoms with Gasteiger partial charge in [-0.25, -0.2) is 0 Å². The largest absolute Gasteiger partial charge is 0.416 e. The van der Waals surface area contributed by atoms with Crippen LogP contribution in [0.15, 0.2) is 48.5 Å². The number of hydrogen-bond acceptors (Lipinski definition) is 3. The van der Waals surface area contributed by atoms with Crippen LogP contribution >= 0.6 is 22.9 Å². The minimum atomic E-state index is -4.51. The summed E-state index contributed by atoms with van der Waals surface area (Å²) in [6, 6.07) is 11.9. The molecule has 0 bridgehead atoms. The third-order valence-corrected chi connectivity index (χ3v) is 6.68. The minimum Gasteiger partial charge on any atom is -0.335 e. The van der Waals surface area contributed by atoms with E-state index in [0.717, 1.165) is 22.2 Å². The number of halogens is 4. The zero-order valence-corrected chi connectivity index (χ0v) is 17.2. The maximum atomic E-state index is 12.9. The van der Waals surface area contributed by atoms with Gasteiger partial charge in [-0.3, -0.25) is 9.59 Å². The molecule has 30 heavy (non-hydrogen) atoms. The van der Waals surface area contributed by atoms with Gasteiger partial charge in [0, 0.05) is 41.8 Å². The third-order valence-electron chi connectivity index (χ3n) is 5.02. The first-order valence-electron chi connectivity index (χ1n) is 9.18. The summed E-state index contributed by atoms with van der Waals surface area (Å²) in [7, 11) is 0. The van der Waals surface area contributed by atoms with E-state index in [2.05, 4.69) is 0 Å². The van der Waals surface area contributed by atoms with Crippen LogP contribution in [0.3, 0.4) is 0 Å². The van der Waals surface area contributed by atoms with Crippen LogP contribution in [0.2, 0.25) is 5.02 Å². The van der Waals surface area contributed by atoms with Crippen molar-refractivity contribution in [1.29, 1.82) is 0 Å². The number of carbonyl (C=O) groups is 2. The number of hydrogen-bond donors (Lipinski definition) is 0. The van der Waals surface area contributed by atoms with Crippen molar-refractivity contribution in [3.8, 4) is 0 Å². The van der Waals surface area contributed by atoms with Crippen molar-refractivity contribution in [3.05, 3.63) is 69.6 Å². The molecule has 0 atom stereocenters. The summed E-state index contributed by atoms with van der Waals surface area (Å²) in [5, 5.41) is 1.24. The third kappa shape index (κ3) is 3.89. The second kappa shape index (κ2) is 7.92. The standard InChI is InChI=1S/C21H16ClF3N2O2S/c22-17-15-6-1-2-7-16(15)30-18(17)20(29)27-10-8-26(9-11-27)19(28)13-4-3-5-14(12-13)21(23,24)25/h1-7,12H,8-11H2. The molecular weight excluding hydrogens is 437 g/mol. The second-order valence-electron chi connectivity index (χ2n) is 6.90. The van der Waals surface area contributed by atoms with Crippen molar-refractivity contribution in [2.75, 3.05) is 26.2 Å². The van der Waals surface area contributed by atoms with E-state index in [4.69, 9.17) is 11.6 Å². The molecule has 0 spiro atoms. The molecule has 1 aliphatic heterocycles. The molecule has 0 N–H and O–H groups in total. The lowest BCUT2D eigenvalue weighted by Gasteiger charge is -2.34. The van der Waals surface area contributed by atoms with Gasteiger partial charge in [-0.05, 0) is 24.3 Å². The molecule has 1 aromatic heterocycles. The lowest BCUT2D eigenvalue weighted by molar-refractivity contribution is -0.137. The molecule has 1 aliphatic rings. The lowest BCUT2D eigenvalue weighted by Crippen LogP contribution is -2.50. The van der Waals surface area contributed by atoms with Gasteiger partial charge in [0.15, 0.2) is 0 Å². The van der Waals surface area contributed by atoms with Crippen LogP contribution in [0.4, 0.5) is 13.2 Å². The van der Waals surface area contributed by atoms with Gasteiger partial charge in [-0.15, -0.1) is 11.3 Å². The van der Waals surface area contributed by atoms with Crippen molar-refractivity contribution >= 4 is 44.8 Å². The lowest BCUT2D eigenvalue weighted by atomic mass is 10.1. The average Bonchev–Trinajstić information content (AvgIpc) is 3.09. The fraction of sp³-hybridized carbons (Fsp3) is 0.238. The molecule has 2 aromatic carbocycles. The molecule has 0 aliphatic carbocycles. The van der Waals surface area contributed by atoms with Gasteiger partial charge in [0.25, 0.3) is 11.8 Å². The molecule has 1 fully saturated rings. The maximum absolute atomic E-state index is 12.9. The molecule has 4 nitrogen and oxygen atoms in total. The number of thiophene rings is 1. The number of alkyl halides is 3. The van der Waals surface area contributed by atoms with Crippen LogP contribution < -0.4 is 0 Å². The summed E-state index contributed by atoms with van der Waals surface area (Å²) >= 11 is 7.71. The predicted octanol–water partition coefficient (Wildman–Crippen LogP) is 5.17. The van der Waals surface area contributed by atoms with Crippen molar-refractivity contribution in [3.63, 3.8) is 0 Å². The molecule has 2 heterocycles. The summed E-state index contributed by atoms with van der Waals surface area (Å²) in [6.45, 7) is 1.05. The number of piperazine rings is 1. The molecule has 0 saturated carbocycles. The Labute approximate surface area is 179 Å². The zero-order chi connectivity index (χ0) is 21.5. The monoisotopic (exact) mass is 452 g/mol. The van der Waals surface area contributed by atoms with E-state index < -0.39 is 17.6 Å². The Morgan fingerprint density at radius 3 is 2.17 bits per heavy atom. The van der Waals surface area contributed by atoms with Crippen molar-refractivity contribution < 1.29 is 22.8 Å². The number of nitrogens with zero attached hydrogens (tertiary/aromatic N) is 2. The molecule has 3 aromatic rings. The molecule has 4 rings (SSSR count). The fourth-order valence-corrected chi connectivity index (χ4v) is 4.90.